The van der Waals surface area contributed by atoms with Crippen molar-refractivity contribution in [2.24, 2.45) is 0 Å². The monoisotopic (exact) mass is 275 g/mol. The summed E-state index contributed by atoms with van der Waals surface area (Å²) < 4.78 is 5.25. The lowest BCUT2D eigenvalue weighted by Gasteiger charge is -2.10. The maximum absolute atomic E-state index is 11.1. The van der Waals surface area contributed by atoms with Gasteiger partial charge in [-0.3, -0.25) is 10.1 Å². The molecule has 6 heteroatoms. The number of nitrogens with one attached hydrogen (secondary N) is 1. The molecular weight excluding hydrogens is 258 g/mol. The van der Waals surface area contributed by atoms with Crippen LogP contribution in [-0.2, 0) is 4.74 Å². The maximum atomic E-state index is 11.1. The third kappa shape index (κ3) is 3.21. The van der Waals surface area contributed by atoms with E-state index in [0.29, 0.717) is 25.4 Å². The van der Waals surface area contributed by atoms with E-state index in [9.17, 15) is 10.1 Å². The smallest absolute Gasteiger partial charge is 0.311 e. The fourth-order valence-electron chi connectivity index (χ4n) is 1.99. The van der Waals surface area contributed by atoms with Crippen molar-refractivity contribution in [3.8, 4) is 0 Å². The Hall–Kier alpha value is -2.21. The van der Waals surface area contributed by atoms with Crippen molar-refractivity contribution in [3.05, 3.63) is 40.6 Å². The van der Waals surface area contributed by atoms with Gasteiger partial charge in [-0.25, -0.2) is 4.98 Å². The molecule has 1 aromatic heterocycles. The molecule has 2 rings (SSSR count). The summed E-state index contributed by atoms with van der Waals surface area (Å²) in [5, 5.41) is 15.0. The molecule has 0 saturated heterocycles. The molecule has 0 aliphatic heterocycles. The number of pyridine rings is 1. The van der Waals surface area contributed by atoms with E-state index in [1.54, 1.807) is 0 Å². The number of rotatable bonds is 7. The molecule has 0 aliphatic rings. The summed E-state index contributed by atoms with van der Waals surface area (Å²) in [4.78, 5) is 14.8. The minimum absolute atomic E-state index is 0.000102. The van der Waals surface area contributed by atoms with Crippen LogP contribution >= 0.6 is 0 Å². The third-order valence-electron chi connectivity index (χ3n) is 2.92. The van der Waals surface area contributed by atoms with Gasteiger partial charge in [0.05, 0.1) is 10.4 Å². The van der Waals surface area contributed by atoms with Crippen LogP contribution in [0.1, 0.15) is 13.3 Å². The second-order valence-electron chi connectivity index (χ2n) is 4.27. The van der Waals surface area contributed by atoms with Gasteiger partial charge < -0.3 is 10.1 Å². The lowest BCUT2D eigenvalue weighted by atomic mass is 10.1. The standard InChI is InChI=1S/C14H17N3O3/c1-2-20-9-5-8-15-14-11-6-3-4-7-12(11)16-10-13(14)17(18)19/h3-4,6-7,10H,2,5,8-9H2,1H3,(H,15,16). The van der Waals surface area contributed by atoms with Crippen LogP contribution in [0.15, 0.2) is 30.5 Å². The van der Waals surface area contributed by atoms with Crippen molar-refractivity contribution in [3.63, 3.8) is 0 Å². The summed E-state index contributed by atoms with van der Waals surface area (Å²) in [5.41, 5.74) is 1.27. The zero-order chi connectivity index (χ0) is 14.4. The molecule has 0 unspecified atom stereocenters. The summed E-state index contributed by atoms with van der Waals surface area (Å²) in [6.45, 7) is 3.88. The first-order valence-electron chi connectivity index (χ1n) is 6.57. The summed E-state index contributed by atoms with van der Waals surface area (Å²) in [7, 11) is 0. The Morgan fingerprint density at radius 3 is 2.95 bits per heavy atom. The molecule has 2 aromatic rings. The number of fused-ring (bicyclic) bond motifs is 1. The van der Waals surface area contributed by atoms with Crippen molar-refractivity contribution >= 4 is 22.3 Å². The normalized spacial score (nSPS) is 10.7. The first-order valence-corrected chi connectivity index (χ1v) is 6.57. The second-order valence-corrected chi connectivity index (χ2v) is 4.27. The predicted molar refractivity (Wildman–Crippen MR) is 78.0 cm³/mol. The van der Waals surface area contributed by atoms with Crippen molar-refractivity contribution in [1.82, 2.24) is 4.98 Å². The molecule has 106 valence electrons. The van der Waals surface area contributed by atoms with Gasteiger partial charge >= 0.3 is 5.69 Å². The SMILES string of the molecule is CCOCCCNc1c([N+](=O)[O-])cnc2ccccc12. The molecular formula is C14H17N3O3. The summed E-state index contributed by atoms with van der Waals surface area (Å²) in [5.74, 6) is 0. The van der Waals surface area contributed by atoms with Crippen LogP contribution in [0.5, 0.6) is 0 Å². The van der Waals surface area contributed by atoms with Crippen LogP contribution < -0.4 is 5.32 Å². The molecule has 0 radical (unpaired) electrons. The predicted octanol–water partition coefficient (Wildman–Crippen LogP) is 2.98. The number of anilines is 1. The van der Waals surface area contributed by atoms with Crippen LogP contribution in [0.25, 0.3) is 10.9 Å². The van der Waals surface area contributed by atoms with Crippen LogP contribution in [0.3, 0.4) is 0 Å². The van der Waals surface area contributed by atoms with Gasteiger partial charge in [0.15, 0.2) is 0 Å². The van der Waals surface area contributed by atoms with E-state index >= 15 is 0 Å². The lowest BCUT2D eigenvalue weighted by molar-refractivity contribution is -0.384. The molecule has 1 aromatic carbocycles. The van der Waals surface area contributed by atoms with E-state index in [2.05, 4.69) is 10.3 Å². The lowest BCUT2D eigenvalue weighted by Crippen LogP contribution is -2.08. The van der Waals surface area contributed by atoms with Gasteiger partial charge in [-0.05, 0) is 19.4 Å². The number of hydrogen-bond acceptors (Lipinski definition) is 5. The number of para-hydroxylation sites is 1. The molecule has 0 bridgehead atoms. The largest absolute Gasteiger partial charge is 0.382 e. The topological polar surface area (TPSA) is 77.3 Å². The Bertz CT molecular complexity index is 601. The third-order valence-corrected chi connectivity index (χ3v) is 2.92. The van der Waals surface area contributed by atoms with Gasteiger partial charge in [-0.15, -0.1) is 0 Å². The molecule has 0 spiro atoms. The number of benzene rings is 1. The Morgan fingerprint density at radius 2 is 2.20 bits per heavy atom. The molecule has 1 heterocycles. The second kappa shape index (κ2) is 6.81. The van der Waals surface area contributed by atoms with Crippen molar-refractivity contribution in [2.75, 3.05) is 25.1 Å². The van der Waals surface area contributed by atoms with E-state index in [1.807, 2.05) is 31.2 Å². The minimum Gasteiger partial charge on any atom is -0.382 e. The average molecular weight is 275 g/mol. The summed E-state index contributed by atoms with van der Waals surface area (Å²) in [6.07, 6.45) is 2.09. The van der Waals surface area contributed by atoms with Gasteiger partial charge in [-0.1, -0.05) is 18.2 Å². The zero-order valence-corrected chi connectivity index (χ0v) is 11.3. The Kier molecular flexibility index (Phi) is 4.84. The number of aromatic nitrogens is 1. The Balaban J connectivity index is 2.23. The van der Waals surface area contributed by atoms with E-state index in [-0.39, 0.29) is 5.69 Å². The Morgan fingerprint density at radius 1 is 1.40 bits per heavy atom. The summed E-state index contributed by atoms with van der Waals surface area (Å²) in [6, 6.07) is 7.38. The first-order chi connectivity index (χ1) is 9.74. The van der Waals surface area contributed by atoms with Crippen molar-refractivity contribution in [2.45, 2.75) is 13.3 Å². The van der Waals surface area contributed by atoms with Crippen LogP contribution in [0, 0.1) is 10.1 Å². The van der Waals surface area contributed by atoms with Gasteiger partial charge in [-0.2, -0.15) is 0 Å². The average Bonchev–Trinajstić information content (AvgIpc) is 2.46. The van der Waals surface area contributed by atoms with Gasteiger partial charge in [0.25, 0.3) is 0 Å². The summed E-state index contributed by atoms with van der Waals surface area (Å²) >= 11 is 0. The highest BCUT2D eigenvalue weighted by Crippen LogP contribution is 2.31. The van der Waals surface area contributed by atoms with Gasteiger partial charge in [0.2, 0.25) is 0 Å². The van der Waals surface area contributed by atoms with Crippen LogP contribution in [-0.4, -0.2) is 29.7 Å². The zero-order valence-electron chi connectivity index (χ0n) is 11.3. The fourth-order valence-corrected chi connectivity index (χ4v) is 1.99. The van der Waals surface area contributed by atoms with E-state index in [4.69, 9.17) is 4.74 Å². The molecule has 0 saturated carbocycles. The highest BCUT2D eigenvalue weighted by Gasteiger charge is 2.17. The van der Waals surface area contributed by atoms with Gasteiger partial charge in [0.1, 0.15) is 11.9 Å². The van der Waals surface area contributed by atoms with Crippen LogP contribution in [0.2, 0.25) is 0 Å². The number of nitro groups is 1. The molecule has 0 atom stereocenters. The molecule has 0 aliphatic carbocycles. The molecule has 6 nitrogen and oxygen atoms in total. The minimum atomic E-state index is -0.412. The molecule has 0 fully saturated rings. The van der Waals surface area contributed by atoms with E-state index in [1.165, 1.54) is 6.20 Å². The van der Waals surface area contributed by atoms with Crippen molar-refractivity contribution in [1.29, 1.82) is 0 Å². The molecule has 20 heavy (non-hydrogen) atoms. The number of nitrogens with zero attached hydrogens (tertiary/aromatic N) is 2. The molecule has 1 N–H and O–H groups in total. The number of hydrogen-bond donors (Lipinski definition) is 1. The van der Waals surface area contributed by atoms with Crippen LogP contribution in [0.4, 0.5) is 11.4 Å². The first kappa shape index (κ1) is 14.2. The van der Waals surface area contributed by atoms with Crippen molar-refractivity contribution < 1.29 is 9.66 Å². The number of ether oxygens (including phenoxy) is 1. The maximum Gasteiger partial charge on any atom is 0.311 e. The highest BCUT2D eigenvalue weighted by atomic mass is 16.6. The van der Waals surface area contributed by atoms with E-state index in [0.717, 1.165) is 17.3 Å². The van der Waals surface area contributed by atoms with E-state index < -0.39 is 4.92 Å². The fraction of sp³-hybridized carbons (Fsp3) is 0.357. The Labute approximate surface area is 116 Å². The quantitative estimate of drug-likeness (QED) is 0.477. The molecule has 0 amide bonds. The van der Waals surface area contributed by atoms with Gasteiger partial charge in [0, 0.05) is 25.1 Å². The highest BCUT2D eigenvalue weighted by molar-refractivity contribution is 5.95.